The predicted molar refractivity (Wildman–Crippen MR) is 71.5 cm³/mol. The second-order valence-corrected chi connectivity index (χ2v) is 4.51. The lowest BCUT2D eigenvalue weighted by Gasteiger charge is -2.14. The van der Waals surface area contributed by atoms with Gasteiger partial charge in [-0.1, -0.05) is 0 Å². The lowest BCUT2D eigenvalue weighted by atomic mass is 10.0. The van der Waals surface area contributed by atoms with Gasteiger partial charge in [0.05, 0.1) is 12.5 Å². The molecule has 0 amide bonds. The molecular formula is C14H21N3O. The number of nitrogens with one attached hydrogen (secondary N) is 1. The number of nitrogens with zero attached hydrogens (tertiary/aromatic N) is 2. The summed E-state index contributed by atoms with van der Waals surface area (Å²) in [6.45, 7) is 3.03. The van der Waals surface area contributed by atoms with Crippen LogP contribution < -0.4 is 5.32 Å². The average Bonchev–Trinajstić information content (AvgIpc) is 3.05. The van der Waals surface area contributed by atoms with Crippen molar-refractivity contribution in [3.63, 3.8) is 0 Å². The van der Waals surface area contributed by atoms with Gasteiger partial charge in [0, 0.05) is 25.2 Å². The van der Waals surface area contributed by atoms with E-state index in [0.29, 0.717) is 6.04 Å². The van der Waals surface area contributed by atoms with Crippen molar-refractivity contribution in [3.05, 3.63) is 42.1 Å². The summed E-state index contributed by atoms with van der Waals surface area (Å²) in [5.74, 6) is 1.06. The fourth-order valence-corrected chi connectivity index (χ4v) is 2.09. The van der Waals surface area contributed by atoms with Gasteiger partial charge in [-0.15, -0.1) is 0 Å². The Morgan fingerprint density at radius 3 is 3.00 bits per heavy atom. The molecule has 0 aliphatic carbocycles. The molecule has 0 fully saturated rings. The van der Waals surface area contributed by atoms with E-state index >= 15 is 0 Å². The molecule has 0 saturated carbocycles. The van der Waals surface area contributed by atoms with Crippen LogP contribution in [0.5, 0.6) is 0 Å². The number of likely N-dealkylation sites (N-methyl/N-ethyl adjacent to an activating group) is 1. The molecule has 18 heavy (non-hydrogen) atoms. The van der Waals surface area contributed by atoms with Gasteiger partial charge >= 0.3 is 0 Å². The van der Waals surface area contributed by atoms with Crippen LogP contribution in [-0.4, -0.2) is 22.9 Å². The largest absolute Gasteiger partial charge is 0.469 e. The van der Waals surface area contributed by atoms with Crippen LogP contribution in [0.1, 0.15) is 24.7 Å². The monoisotopic (exact) mass is 247 g/mol. The minimum atomic E-state index is 0.463. The topological polar surface area (TPSA) is 43.0 Å². The van der Waals surface area contributed by atoms with Crippen molar-refractivity contribution in [1.29, 1.82) is 0 Å². The summed E-state index contributed by atoms with van der Waals surface area (Å²) in [5.41, 5.74) is 1.29. The summed E-state index contributed by atoms with van der Waals surface area (Å²) in [5, 5.41) is 7.66. The third-order valence-corrected chi connectivity index (χ3v) is 3.22. The van der Waals surface area contributed by atoms with Gasteiger partial charge in [-0.05, 0) is 44.5 Å². The van der Waals surface area contributed by atoms with Crippen molar-refractivity contribution < 1.29 is 4.42 Å². The molecular weight excluding hydrogens is 226 g/mol. The van der Waals surface area contributed by atoms with Crippen molar-refractivity contribution in [1.82, 2.24) is 15.1 Å². The van der Waals surface area contributed by atoms with Crippen LogP contribution in [0, 0.1) is 0 Å². The summed E-state index contributed by atoms with van der Waals surface area (Å²) < 4.78 is 7.32. The molecule has 4 nitrogen and oxygen atoms in total. The first kappa shape index (κ1) is 12.9. The highest BCUT2D eigenvalue weighted by Gasteiger charge is 2.10. The Morgan fingerprint density at radius 1 is 1.50 bits per heavy atom. The number of hydrogen-bond acceptors (Lipinski definition) is 3. The Balaban J connectivity index is 1.84. The number of aryl methyl sites for hydroxylation is 2. The molecule has 4 heteroatoms. The van der Waals surface area contributed by atoms with Crippen molar-refractivity contribution in [2.45, 2.75) is 38.8 Å². The van der Waals surface area contributed by atoms with E-state index in [0.717, 1.165) is 31.6 Å². The maximum Gasteiger partial charge on any atom is 0.103 e. The standard InChI is InChI=1S/C14H21N3O/c1-3-17-11-12(10-16-17)9-13(15-2)6-7-14-5-4-8-18-14/h4-5,8,10-11,13,15H,3,6-7,9H2,1-2H3. The van der Waals surface area contributed by atoms with E-state index < -0.39 is 0 Å². The summed E-state index contributed by atoms with van der Waals surface area (Å²) in [6.07, 6.45) is 8.87. The number of rotatable bonds is 7. The zero-order chi connectivity index (χ0) is 12.8. The molecule has 2 rings (SSSR count). The molecule has 98 valence electrons. The summed E-state index contributed by atoms with van der Waals surface area (Å²) in [4.78, 5) is 0. The van der Waals surface area contributed by atoms with Gasteiger partial charge in [-0.25, -0.2) is 0 Å². The second kappa shape index (κ2) is 6.40. The van der Waals surface area contributed by atoms with Gasteiger partial charge < -0.3 is 9.73 Å². The second-order valence-electron chi connectivity index (χ2n) is 4.51. The zero-order valence-electron chi connectivity index (χ0n) is 11.1. The highest BCUT2D eigenvalue weighted by atomic mass is 16.3. The number of aromatic nitrogens is 2. The molecule has 0 radical (unpaired) electrons. The van der Waals surface area contributed by atoms with Gasteiger partial charge in [-0.2, -0.15) is 5.10 Å². The predicted octanol–water partition coefficient (Wildman–Crippen LogP) is 2.26. The van der Waals surface area contributed by atoms with Crippen LogP contribution in [0.2, 0.25) is 0 Å². The minimum Gasteiger partial charge on any atom is -0.469 e. The lowest BCUT2D eigenvalue weighted by Crippen LogP contribution is -2.28. The Labute approximate surface area is 108 Å². The van der Waals surface area contributed by atoms with E-state index in [1.54, 1.807) is 6.26 Å². The molecule has 2 aromatic heterocycles. The fourth-order valence-electron chi connectivity index (χ4n) is 2.09. The van der Waals surface area contributed by atoms with Gasteiger partial charge in [0.1, 0.15) is 5.76 Å². The van der Waals surface area contributed by atoms with E-state index in [1.807, 2.05) is 30.1 Å². The first-order valence-electron chi connectivity index (χ1n) is 6.52. The Morgan fingerprint density at radius 2 is 2.39 bits per heavy atom. The third kappa shape index (κ3) is 3.47. The molecule has 1 N–H and O–H groups in total. The van der Waals surface area contributed by atoms with Gasteiger partial charge in [0.2, 0.25) is 0 Å². The molecule has 0 bridgehead atoms. The number of hydrogen-bond donors (Lipinski definition) is 1. The first-order chi connectivity index (χ1) is 8.81. The van der Waals surface area contributed by atoms with E-state index in [4.69, 9.17) is 4.42 Å². The summed E-state index contributed by atoms with van der Waals surface area (Å²) in [6, 6.07) is 4.43. The Kier molecular flexibility index (Phi) is 4.59. The van der Waals surface area contributed by atoms with Crippen LogP contribution in [0.25, 0.3) is 0 Å². The van der Waals surface area contributed by atoms with Crippen molar-refractivity contribution in [3.8, 4) is 0 Å². The molecule has 0 aliphatic rings. The molecule has 0 aromatic carbocycles. The summed E-state index contributed by atoms with van der Waals surface area (Å²) in [7, 11) is 2.01. The van der Waals surface area contributed by atoms with Gasteiger partial charge in [-0.3, -0.25) is 4.68 Å². The van der Waals surface area contributed by atoms with E-state index in [-0.39, 0.29) is 0 Å². The third-order valence-electron chi connectivity index (χ3n) is 3.22. The lowest BCUT2D eigenvalue weighted by molar-refractivity contribution is 0.460. The van der Waals surface area contributed by atoms with Gasteiger partial charge in [0.15, 0.2) is 0 Å². The van der Waals surface area contributed by atoms with Crippen LogP contribution in [0.4, 0.5) is 0 Å². The number of furan rings is 1. The average molecular weight is 247 g/mol. The van der Waals surface area contributed by atoms with E-state index in [9.17, 15) is 0 Å². The van der Waals surface area contributed by atoms with Gasteiger partial charge in [0.25, 0.3) is 0 Å². The quantitative estimate of drug-likeness (QED) is 0.816. The first-order valence-corrected chi connectivity index (χ1v) is 6.52. The normalized spacial score (nSPS) is 12.8. The van der Waals surface area contributed by atoms with Crippen molar-refractivity contribution >= 4 is 0 Å². The highest BCUT2D eigenvalue weighted by Crippen LogP contribution is 2.10. The van der Waals surface area contributed by atoms with E-state index in [1.165, 1.54) is 5.56 Å². The molecule has 2 aromatic rings. The fraction of sp³-hybridized carbons (Fsp3) is 0.500. The maximum absolute atomic E-state index is 5.36. The van der Waals surface area contributed by atoms with Crippen molar-refractivity contribution in [2.75, 3.05) is 7.05 Å². The van der Waals surface area contributed by atoms with Crippen LogP contribution in [-0.2, 0) is 19.4 Å². The van der Waals surface area contributed by atoms with Crippen molar-refractivity contribution in [2.24, 2.45) is 0 Å². The molecule has 0 saturated heterocycles. The molecule has 1 unspecified atom stereocenters. The SMILES string of the molecule is CCn1cc(CC(CCc2ccco2)NC)cn1. The molecule has 2 heterocycles. The molecule has 0 aliphatic heterocycles. The molecule has 0 spiro atoms. The Hall–Kier alpha value is -1.55. The maximum atomic E-state index is 5.36. The Bertz CT molecular complexity index is 447. The van der Waals surface area contributed by atoms with Crippen LogP contribution in [0.3, 0.4) is 0 Å². The minimum absolute atomic E-state index is 0.463. The zero-order valence-corrected chi connectivity index (χ0v) is 11.1. The van der Waals surface area contributed by atoms with Crippen LogP contribution >= 0.6 is 0 Å². The van der Waals surface area contributed by atoms with Crippen LogP contribution in [0.15, 0.2) is 35.2 Å². The smallest absolute Gasteiger partial charge is 0.103 e. The summed E-state index contributed by atoms with van der Waals surface area (Å²) >= 11 is 0. The highest BCUT2D eigenvalue weighted by molar-refractivity contribution is 5.07. The van der Waals surface area contributed by atoms with E-state index in [2.05, 4.69) is 23.5 Å². The molecule has 1 atom stereocenters.